The zero-order chi connectivity index (χ0) is 9.35. The van der Waals surface area contributed by atoms with Gasteiger partial charge in [-0.05, 0) is 0 Å². The quantitative estimate of drug-likeness (QED) is 0.504. The summed E-state index contributed by atoms with van der Waals surface area (Å²) in [5.41, 5.74) is 5.26. The standard InChI is InChI=1S/C4H8N4O3S/c1-8-3(5)6-4(11-2)7-12(8,9)10/h1-2H3,(H2,5,6,7). The molecule has 0 bridgehead atoms. The highest BCUT2D eigenvalue weighted by molar-refractivity contribution is 7.88. The van der Waals surface area contributed by atoms with Crippen molar-refractivity contribution in [2.75, 3.05) is 14.2 Å². The number of guanidine groups is 1. The predicted octanol–water partition coefficient (Wildman–Crippen LogP) is -1.51. The summed E-state index contributed by atoms with van der Waals surface area (Å²) in [7, 11) is -1.22. The Bertz CT molecular complexity index is 343. The molecule has 0 amide bonds. The van der Waals surface area contributed by atoms with Crippen molar-refractivity contribution in [3.05, 3.63) is 0 Å². The van der Waals surface area contributed by atoms with Gasteiger partial charge in [-0.15, -0.1) is 0 Å². The van der Waals surface area contributed by atoms with Crippen LogP contribution in [0.3, 0.4) is 0 Å². The molecule has 0 aliphatic carbocycles. The molecule has 68 valence electrons. The number of aliphatic imine (C=N–C) groups is 1. The van der Waals surface area contributed by atoms with Gasteiger partial charge in [0.1, 0.15) is 0 Å². The van der Waals surface area contributed by atoms with Crippen molar-refractivity contribution < 1.29 is 13.2 Å². The summed E-state index contributed by atoms with van der Waals surface area (Å²) in [6.07, 6.45) is 0. The highest BCUT2D eigenvalue weighted by Crippen LogP contribution is 2.06. The molecule has 0 fully saturated rings. The number of nitrogens with zero attached hydrogens (tertiary/aromatic N) is 3. The van der Waals surface area contributed by atoms with Gasteiger partial charge in [0.2, 0.25) is 5.96 Å². The van der Waals surface area contributed by atoms with Gasteiger partial charge in [-0.2, -0.15) is 13.4 Å². The first-order valence-electron chi connectivity index (χ1n) is 2.94. The Labute approximate surface area is 69.7 Å². The van der Waals surface area contributed by atoms with E-state index in [0.29, 0.717) is 0 Å². The van der Waals surface area contributed by atoms with Gasteiger partial charge in [0, 0.05) is 7.05 Å². The minimum atomic E-state index is -3.73. The minimum Gasteiger partial charge on any atom is -0.466 e. The van der Waals surface area contributed by atoms with Crippen molar-refractivity contribution in [1.82, 2.24) is 4.31 Å². The van der Waals surface area contributed by atoms with Crippen LogP contribution < -0.4 is 5.73 Å². The highest BCUT2D eigenvalue weighted by atomic mass is 32.2. The molecule has 1 aliphatic heterocycles. The van der Waals surface area contributed by atoms with Crippen LogP contribution in [0.5, 0.6) is 0 Å². The summed E-state index contributed by atoms with van der Waals surface area (Å²) < 4.78 is 30.6. The highest BCUT2D eigenvalue weighted by Gasteiger charge is 2.25. The summed E-state index contributed by atoms with van der Waals surface area (Å²) in [5.74, 6) is -0.165. The zero-order valence-electron chi connectivity index (χ0n) is 6.55. The molecule has 12 heavy (non-hydrogen) atoms. The lowest BCUT2D eigenvalue weighted by Crippen LogP contribution is -2.41. The lowest BCUT2D eigenvalue weighted by Gasteiger charge is -2.18. The number of hydrogen-bond donors (Lipinski definition) is 1. The summed E-state index contributed by atoms with van der Waals surface area (Å²) in [4.78, 5) is 3.55. The van der Waals surface area contributed by atoms with Crippen molar-refractivity contribution in [3.8, 4) is 0 Å². The molecule has 0 saturated heterocycles. The molecular weight excluding hydrogens is 184 g/mol. The maximum Gasteiger partial charge on any atom is 0.351 e. The van der Waals surface area contributed by atoms with Gasteiger partial charge in [-0.1, -0.05) is 4.40 Å². The molecule has 7 nitrogen and oxygen atoms in total. The van der Waals surface area contributed by atoms with E-state index in [2.05, 4.69) is 14.1 Å². The Kier molecular flexibility index (Phi) is 1.92. The fourth-order valence-corrected chi connectivity index (χ4v) is 1.26. The average Bonchev–Trinajstić information content (AvgIpc) is 1.99. The molecule has 8 heteroatoms. The first kappa shape index (κ1) is 8.78. The van der Waals surface area contributed by atoms with Crippen molar-refractivity contribution >= 4 is 22.2 Å². The molecule has 0 aromatic rings. The first-order valence-corrected chi connectivity index (χ1v) is 4.34. The summed E-state index contributed by atoms with van der Waals surface area (Å²) >= 11 is 0. The molecule has 0 atom stereocenters. The average molecular weight is 192 g/mol. The fourth-order valence-electron chi connectivity index (χ4n) is 0.550. The zero-order valence-corrected chi connectivity index (χ0v) is 7.37. The number of methoxy groups -OCH3 is 1. The van der Waals surface area contributed by atoms with Crippen LogP contribution in [0.15, 0.2) is 9.39 Å². The van der Waals surface area contributed by atoms with Gasteiger partial charge in [0.25, 0.3) is 0 Å². The van der Waals surface area contributed by atoms with E-state index in [-0.39, 0.29) is 12.0 Å². The maximum absolute atomic E-state index is 11.1. The molecule has 1 heterocycles. The van der Waals surface area contributed by atoms with Crippen molar-refractivity contribution in [3.63, 3.8) is 0 Å². The lowest BCUT2D eigenvalue weighted by molar-refractivity contribution is 0.395. The van der Waals surface area contributed by atoms with E-state index in [1.165, 1.54) is 14.2 Å². The monoisotopic (exact) mass is 192 g/mol. The van der Waals surface area contributed by atoms with Gasteiger partial charge in [-0.3, -0.25) is 0 Å². The Morgan fingerprint density at radius 3 is 2.58 bits per heavy atom. The van der Waals surface area contributed by atoms with Gasteiger partial charge in [0.05, 0.1) is 7.11 Å². The lowest BCUT2D eigenvalue weighted by atomic mass is 10.9. The second kappa shape index (κ2) is 2.63. The molecule has 1 rings (SSSR count). The Morgan fingerprint density at radius 2 is 2.17 bits per heavy atom. The van der Waals surface area contributed by atoms with E-state index in [1.807, 2.05) is 0 Å². The number of hydrogen-bond acceptors (Lipinski definition) is 5. The number of nitrogens with two attached hydrogens (primary N) is 1. The van der Waals surface area contributed by atoms with Crippen molar-refractivity contribution in [2.45, 2.75) is 0 Å². The van der Waals surface area contributed by atoms with Crippen LogP contribution in [0.25, 0.3) is 0 Å². The van der Waals surface area contributed by atoms with Crippen LogP contribution in [0.1, 0.15) is 0 Å². The van der Waals surface area contributed by atoms with Crippen LogP contribution in [-0.4, -0.2) is 38.9 Å². The van der Waals surface area contributed by atoms with Gasteiger partial charge in [0.15, 0.2) is 0 Å². The van der Waals surface area contributed by atoms with Crippen LogP contribution in [0, 0.1) is 0 Å². The van der Waals surface area contributed by atoms with E-state index in [1.54, 1.807) is 0 Å². The largest absolute Gasteiger partial charge is 0.466 e. The molecule has 0 aromatic heterocycles. The topological polar surface area (TPSA) is 97.3 Å². The molecule has 0 saturated carbocycles. The van der Waals surface area contributed by atoms with E-state index in [9.17, 15) is 8.42 Å². The third kappa shape index (κ3) is 1.33. The SMILES string of the molecule is COC1=NS(=O)(=O)N(C)C(N)=N1. The fraction of sp³-hybridized carbons (Fsp3) is 0.500. The molecular formula is C4H8N4O3S. The second-order valence-electron chi connectivity index (χ2n) is 1.99. The first-order chi connectivity index (χ1) is 5.47. The van der Waals surface area contributed by atoms with Crippen molar-refractivity contribution in [1.29, 1.82) is 0 Å². The summed E-state index contributed by atoms with van der Waals surface area (Å²) in [6, 6.07) is -0.259. The number of rotatable bonds is 0. The van der Waals surface area contributed by atoms with Gasteiger partial charge >= 0.3 is 16.2 Å². The normalized spacial score (nSPS) is 21.3. The number of ether oxygens (including phenoxy) is 1. The predicted molar refractivity (Wildman–Crippen MR) is 42.7 cm³/mol. The molecule has 0 unspecified atom stereocenters. The Hall–Kier alpha value is -1.31. The van der Waals surface area contributed by atoms with Gasteiger partial charge < -0.3 is 10.5 Å². The third-order valence-corrected chi connectivity index (χ3v) is 2.52. The number of amidine groups is 1. The smallest absolute Gasteiger partial charge is 0.351 e. The van der Waals surface area contributed by atoms with Crippen LogP contribution in [0.2, 0.25) is 0 Å². The summed E-state index contributed by atoms with van der Waals surface area (Å²) in [6.45, 7) is 0. The van der Waals surface area contributed by atoms with Crippen LogP contribution >= 0.6 is 0 Å². The van der Waals surface area contributed by atoms with Crippen molar-refractivity contribution in [2.24, 2.45) is 15.1 Å². The summed E-state index contributed by atoms with van der Waals surface area (Å²) in [5, 5.41) is 0. The maximum atomic E-state index is 11.1. The van der Waals surface area contributed by atoms with Crippen LogP contribution in [-0.2, 0) is 14.9 Å². The van der Waals surface area contributed by atoms with Crippen LogP contribution in [0.4, 0.5) is 0 Å². The van der Waals surface area contributed by atoms with E-state index in [4.69, 9.17) is 5.73 Å². The Balaban J connectivity index is 3.17. The van der Waals surface area contributed by atoms with E-state index < -0.39 is 10.2 Å². The molecule has 0 aromatic carbocycles. The molecule has 2 N–H and O–H groups in total. The van der Waals surface area contributed by atoms with Gasteiger partial charge in [-0.25, -0.2) is 4.31 Å². The second-order valence-corrected chi connectivity index (χ2v) is 3.62. The molecule has 0 radical (unpaired) electrons. The van der Waals surface area contributed by atoms with E-state index in [0.717, 1.165) is 4.31 Å². The molecule has 1 aliphatic rings. The van der Waals surface area contributed by atoms with E-state index >= 15 is 0 Å². The molecule has 0 spiro atoms. The third-order valence-electron chi connectivity index (χ3n) is 1.25. The minimum absolute atomic E-state index is 0.165. The Morgan fingerprint density at radius 1 is 1.58 bits per heavy atom.